The maximum Gasteiger partial charge on any atom is 0.252 e. The van der Waals surface area contributed by atoms with Gasteiger partial charge in [-0.2, -0.15) is 0 Å². The van der Waals surface area contributed by atoms with Crippen molar-refractivity contribution in [3.05, 3.63) is 95.8 Å². The van der Waals surface area contributed by atoms with Crippen LogP contribution in [0.2, 0.25) is 0 Å². The van der Waals surface area contributed by atoms with E-state index < -0.39 is 0 Å². The Morgan fingerprint density at radius 2 is 1.71 bits per heavy atom. The predicted molar refractivity (Wildman–Crippen MR) is 109 cm³/mol. The van der Waals surface area contributed by atoms with E-state index in [9.17, 15) is 4.79 Å². The summed E-state index contributed by atoms with van der Waals surface area (Å²) in [6.45, 7) is 2.24. The third-order valence-electron chi connectivity index (χ3n) is 4.56. The van der Waals surface area contributed by atoms with Crippen molar-refractivity contribution in [1.82, 2.24) is 15.3 Å². The number of carbonyl (C=O) groups is 1. The Hall–Kier alpha value is -3.60. The predicted octanol–water partition coefficient (Wildman–Crippen LogP) is 4.63. The first-order valence-corrected chi connectivity index (χ1v) is 9.22. The van der Waals surface area contributed by atoms with Crippen LogP contribution in [0.15, 0.2) is 78.9 Å². The molecule has 4 aromatic rings. The van der Waals surface area contributed by atoms with Gasteiger partial charge in [0.15, 0.2) is 0 Å². The number of benzene rings is 3. The summed E-state index contributed by atoms with van der Waals surface area (Å²) in [6.07, 6.45) is 0. The second kappa shape index (κ2) is 7.96. The molecule has 0 aliphatic carbocycles. The quantitative estimate of drug-likeness (QED) is 0.519. The van der Waals surface area contributed by atoms with Crippen molar-refractivity contribution in [1.29, 1.82) is 0 Å². The number of nitrogens with zero attached hydrogens (tertiary/aromatic N) is 1. The van der Waals surface area contributed by atoms with Crippen LogP contribution < -0.4 is 10.1 Å². The average Bonchev–Trinajstić information content (AvgIpc) is 3.18. The van der Waals surface area contributed by atoms with Gasteiger partial charge in [-0.15, -0.1) is 0 Å². The summed E-state index contributed by atoms with van der Waals surface area (Å²) in [5, 5.41) is 3.02. The largest absolute Gasteiger partial charge is 0.489 e. The second-order valence-electron chi connectivity index (χ2n) is 6.59. The van der Waals surface area contributed by atoms with E-state index >= 15 is 0 Å². The number of H-pyrrole nitrogens is 1. The number of rotatable bonds is 6. The first kappa shape index (κ1) is 17.8. The van der Waals surface area contributed by atoms with Crippen LogP contribution in [0.3, 0.4) is 0 Å². The third-order valence-corrected chi connectivity index (χ3v) is 4.56. The third kappa shape index (κ3) is 3.88. The molecule has 1 aromatic heterocycles. The standard InChI is InChI=1S/C23H21N3O2/c1-16(22-25-20-13-7-8-14-21(20)26-22)24-23(27)19-12-6-5-9-17(19)15-28-18-10-3-2-4-11-18/h2-14,16H,15H2,1H3,(H,24,27)(H,25,26). The molecule has 0 saturated heterocycles. The molecular weight excluding hydrogens is 350 g/mol. The Bertz CT molecular complexity index is 1060. The molecule has 0 radical (unpaired) electrons. The minimum atomic E-state index is -0.247. The zero-order chi connectivity index (χ0) is 19.3. The molecule has 4 rings (SSSR count). The summed E-state index contributed by atoms with van der Waals surface area (Å²) in [5.74, 6) is 1.35. The first-order valence-electron chi connectivity index (χ1n) is 9.22. The lowest BCUT2D eigenvalue weighted by Crippen LogP contribution is -2.28. The van der Waals surface area contributed by atoms with Crippen molar-refractivity contribution >= 4 is 16.9 Å². The van der Waals surface area contributed by atoms with E-state index in [-0.39, 0.29) is 11.9 Å². The minimum Gasteiger partial charge on any atom is -0.489 e. The number of fused-ring (bicyclic) bond motifs is 1. The molecule has 0 saturated carbocycles. The van der Waals surface area contributed by atoms with Crippen LogP contribution in [0, 0.1) is 0 Å². The van der Waals surface area contributed by atoms with Gasteiger partial charge in [0.25, 0.3) is 5.91 Å². The summed E-state index contributed by atoms with van der Waals surface area (Å²) in [4.78, 5) is 20.7. The molecule has 1 heterocycles. The van der Waals surface area contributed by atoms with Gasteiger partial charge in [0.2, 0.25) is 0 Å². The average molecular weight is 371 g/mol. The topological polar surface area (TPSA) is 67.0 Å². The van der Waals surface area contributed by atoms with Crippen LogP contribution in [-0.2, 0) is 6.61 Å². The van der Waals surface area contributed by atoms with Crippen molar-refractivity contribution in [3.63, 3.8) is 0 Å². The molecular formula is C23H21N3O2. The van der Waals surface area contributed by atoms with Crippen LogP contribution in [0.25, 0.3) is 11.0 Å². The van der Waals surface area contributed by atoms with Crippen molar-refractivity contribution in [2.45, 2.75) is 19.6 Å². The Kier molecular flexibility index (Phi) is 5.06. The fourth-order valence-corrected chi connectivity index (χ4v) is 3.07. The van der Waals surface area contributed by atoms with Crippen molar-refractivity contribution < 1.29 is 9.53 Å². The maximum absolute atomic E-state index is 12.9. The number of aromatic nitrogens is 2. The number of nitrogens with one attached hydrogen (secondary N) is 2. The molecule has 5 nitrogen and oxygen atoms in total. The van der Waals surface area contributed by atoms with Gasteiger partial charge >= 0.3 is 0 Å². The number of para-hydroxylation sites is 3. The molecule has 1 unspecified atom stereocenters. The van der Waals surface area contributed by atoms with Gasteiger partial charge in [0.1, 0.15) is 18.2 Å². The van der Waals surface area contributed by atoms with Gasteiger partial charge in [-0.1, -0.05) is 48.5 Å². The fraction of sp³-hybridized carbons (Fsp3) is 0.130. The van der Waals surface area contributed by atoms with Crippen molar-refractivity contribution in [2.24, 2.45) is 0 Å². The van der Waals surface area contributed by atoms with E-state index in [1.54, 1.807) is 0 Å². The van der Waals surface area contributed by atoms with Gasteiger partial charge in [-0.25, -0.2) is 4.98 Å². The molecule has 0 spiro atoms. The lowest BCUT2D eigenvalue weighted by Gasteiger charge is -2.14. The van der Waals surface area contributed by atoms with Gasteiger partial charge in [0.05, 0.1) is 17.1 Å². The van der Waals surface area contributed by atoms with Crippen LogP contribution in [-0.4, -0.2) is 15.9 Å². The highest BCUT2D eigenvalue weighted by Gasteiger charge is 2.17. The number of hydrogen-bond donors (Lipinski definition) is 2. The highest BCUT2D eigenvalue weighted by atomic mass is 16.5. The van der Waals surface area contributed by atoms with E-state index in [0.717, 1.165) is 28.2 Å². The highest BCUT2D eigenvalue weighted by Crippen LogP contribution is 2.18. The molecule has 3 aromatic carbocycles. The molecule has 0 fully saturated rings. The molecule has 0 aliphatic rings. The van der Waals surface area contributed by atoms with Crippen LogP contribution in [0.1, 0.15) is 34.7 Å². The maximum atomic E-state index is 12.9. The number of ether oxygens (including phenoxy) is 1. The summed E-state index contributed by atoms with van der Waals surface area (Å²) in [6, 6.07) is 24.6. The smallest absolute Gasteiger partial charge is 0.252 e. The molecule has 0 aliphatic heterocycles. The Morgan fingerprint density at radius 3 is 2.54 bits per heavy atom. The zero-order valence-electron chi connectivity index (χ0n) is 15.6. The minimum absolute atomic E-state index is 0.153. The molecule has 2 N–H and O–H groups in total. The molecule has 28 heavy (non-hydrogen) atoms. The summed E-state index contributed by atoms with van der Waals surface area (Å²) in [7, 11) is 0. The number of amides is 1. The first-order chi connectivity index (χ1) is 13.7. The van der Waals surface area contributed by atoms with Gasteiger partial charge in [0, 0.05) is 11.1 Å². The van der Waals surface area contributed by atoms with Gasteiger partial charge in [-0.05, 0) is 37.3 Å². The molecule has 1 amide bonds. The number of imidazole rings is 1. The van der Waals surface area contributed by atoms with Gasteiger partial charge < -0.3 is 15.0 Å². The van der Waals surface area contributed by atoms with Crippen LogP contribution in [0.5, 0.6) is 5.75 Å². The summed E-state index contributed by atoms with van der Waals surface area (Å²) in [5.41, 5.74) is 3.27. The Labute approximate surface area is 163 Å². The SMILES string of the molecule is CC(NC(=O)c1ccccc1COc1ccccc1)c1nc2ccccc2[nH]1. The van der Waals surface area contributed by atoms with E-state index in [1.165, 1.54) is 0 Å². The van der Waals surface area contributed by atoms with E-state index in [2.05, 4.69) is 15.3 Å². The van der Waals surface area contributed by atoms with Crippen molar-refractivity contribution in [3.8, 4) is 5.75 Å². The van der Waals surface area contributed by atoms with E-state index in [4.69, 9.17) is 4.74 Å². The zero-order valence-corrected chi connectivity index (χ0v) is 15.6. The lowest BCUT2D eigenvalue weighted by molar-refractivity contribution is 0.0936. The molecule has 5 heteroatoms. The van der Waals surface area contributed by atoms with Gasteiger partial charge in [-0.3, -0.25) is 4.79 Å². The Morgan fingerprint density at radius 1 is 1.00 bits per heavy atom. The monoisotopic (exact) mass is 371 g/mol. The van der Waals surface area contributed by atoms with E-state index in [0.29, 0.717) is 12.2 Å². The number of carbonyl (C=O) groups excluding carboxylic acids is 1. The number of aromatic amines is 1. The summed E-state index contributed by atoms with van der Waals surface area (Å²) < 4.78 is 5.81. The Balaban J connectivity index is 1.48. The fourth-order valence-electron chi connectivity index (χ4n) is 3.07. The molecule has 140 valence electrons. The van der Waals surface area contributed by atoms with Crippen LogP contribution in [0.4, 0.5) is 0 Å². The van der Waals surface area contributed by atoms with Crippen molar-refractivity contribution in [2.75, 3.05) is 0 Å². The lowest BCUT2D eigenvalue weighted by atomic mass is 10.1. The molecule has 0 bridgehead atoms. The molecule has 1 atom stereocenters. The summed E-state index contributed by atoms with van der Waals surface area (Å²) >= 11 is 0. The highest BCUT2D eigenvalue weighted by molar-refractivity contribution is 5.95. The number of hydrogen-bond acceptors (Lipinski definition) is 3. The van der Waals surface area contributed by atoms with E-state index in [1.807, 2.05) is 85.8 Å². The van der Waals surface area contributed by atoms with Crippen LogP contribution >= 0.6 is 0 Å². The normalized spacial score (nSPS) is 11.9. The second-order valence-corrected chi connectivity index (χ2v) is 6.59.